The van der Waals surface area contributed by atoms with Crippen molar-refractivity contribution in [2.45, 2.75) is 25.1 Å². The summed E-state index contributed by atoms with van der Waals surface area (Å²) in [4.78, 5) is 25.4. The van der Waals surface area contributed by atoms with Crippen molar-refractivity contribution in [3.63, 3.8) is 0 Å². The van der Waals surface area contributed by atoms with Gasteiger partial charge in [0, 0.05) is 13.0 Å². The minimum Gasteiger partial charge on any atom is -0.386 e. The molecule has 19 heavy (non-hydrogen) atoms. The van der Waals surface area contributed by atoms with Gasteiger partial charge in [0.25, 0.3) is 0 Å². The summed E-state index contributed by atoms with van der Waals surface area (Å²) in [6.45, 7) is 0.390. The largest absolute Gasteiger partial charge is 0.406 e. The minimum absolute atomic E-state index is 0.162. The quantitative estimate of drug-likeness (QED) is 0.774. The Hall–Kier alpha value is -1.31. The fourth-order valence-electron chi connectivity index (χ4n) is 2.50. The zero-order chi connectivity index (χ0) is 14.4. The molecule has 1 atom stereocenters. The topological polar surface area (TPSA) is 60.9 Å². The van der Waals surface area contributed by atoms with Gasteiger partial charge in [-0.2, -0.15) is 13.2 Å². The van der Waals surface area contributed by atoms with Crippen LogP contribution in [-0.4, -0.2) is 64.7 Å². The second-order valence-corrected chi connectivity index (χ2v) is 5.48. The normalized spacial score (nSPS) is 26.6. The van der Waals surface area contributed by atoms with Crippen LogP contribution < -0.4 is 0 Å². The molecule has 2 amide bonds. The minimum atomic E-state index is -4.45. The summed E-state index contributed by atoms with van der Waals surface area (Å²) in [6, 6.07) is 0. The molecule has 0 radical (unpaired) electrons. The molecule has 2 aliphatic heterocycles. The number of nitrogens with zero attached hydrogens (tertiary/aromatic N) is 2. The Labute approximate surface area is 108 Å². The summed E-state index contributed by atoms with van der Waals surface area (Å²) in [6.07, 6.45) is -4.64. The predicted molar refractivity (Wildman–Crippen MR) is 57.9 cm³/mol. The van der Waals surface area contributed by atoms with Crippen LogP contribution >= 0.6 is 0 Å². The standard InChI is InChI=1S/C11H15F3N2O3/c1-10(19)4-16(5-10)9(18)7-2-8(17)15(3-7)6-11(12,13)14/h7,19H,2-6H2,1H3. The maximum absolute atomic E-state index is 12.2. The maximum atomic E-state index is 12.2. The fourth-order valence-corrected chi connectivity index (χ4v) is 2.50. The Morgan fingerprint density at radius 1 is 1.47 bits per heavy atom. The summed E-state index contributed by atoms with van der Waals surface area (Å²) in [5.41, 5.74) is -0.927. The number of hydrogen-bond donors (Lipinski definition) is 1. The lowest BCUT2D eigenvalue weighted by atomic mass is 9.94. The van der Waals surface area contributed by atoms with Crippen molar-refractivity contribution in [1.82, 2.24) is 9.80 Å². The first-order valence-electron chi connectivity index (χ1n) is 5.93. The van der Waals surface area contributed by atoms with E-state index in [9.17, 15) is 27.9 Å². The number of alkyl halides is 3. The summed E-state index contributed by atoms with van der Waals surface area (Å²) in [5.74, 6) is -1.74. The molecule has 0 aliphatic carbocycles. The number of halogens is 3. The number of aliphatic hydroxyl groups is 1. The van der Waals surface area contributed by atoms with Crippen LogP contribution in [0.1, 0.15) is 13.3 Å². The number of carbonyl (C=O) groups excluding carboxylic acids is 2. The third-order valence-electron chi connectivity index (χ3n) is 3.31. The van der Waals surface area contributed by atoms with E-state index >= 15 is 0 Å². The van der Waals surface area contributed by atoms with Gasteiger partial charge in [0.1, 0.15) is 6.54 Å². The molecule has 0 aromatic heterocycles. The number of amides is 2. The number of carbonyl (C=O) groups is 2. The van der Waals surface area contributed by atoms with E-state index < -0.39 is 30.1 Å². The smallest absolute Gasteiger partial charge is 0.386 e. The molecule has 2 saturated heterocycles. The van der Waals surface area contributed by atoms with Crippen LogP contribution in [0.3, 0.4) is 0 Å². The molecule has 2 fully saturated rings. The molecule has 0 spiro atoms. The van der Waals surface area contributed by atoms with E-state index in [-0.39, 0.29) is 32.0 Å². The lowest BCUT2D eigenvalue weighted by Gasteiger charge is -2.45. The lowest BCUT2D eigenvalue weighted by molar-refractivity contribution is -0.159. The van der Waals surface area contributed by atoms with Gasteiger partial charge in [-0.15, -0.1) is 0 Å². The number of likely N-dealkylation sites (tertiary alicyclic amines) is 2. The zero-order valence-corrected chi connectivity index (χ0v) is 10.4. The van der Waals surface area contributed by atoms with E-state index in [2.05, 4.69) is 0 Å². The van der Waals surface area contributed by atoms with Crippen molar-refractivity contribution in [2.75, 3.05) is 26.2 Å². The molecule has 108 valence electrons. The van der Waals surface area contributed by atoms with Crippen LogP contribution in [0.15, 0.2) is 0 Å². The lowest BCUT2D eigenvalue weighted by Crippen LogP contribution is -2.63. The third kappa shape index (κ3) is 3.17. The van der Waals surface area contributed by atoms with Crippen molar-refractivity contribution < 1.29 is 27.9 Å². The number of β-amino-alcohol motifs (C(OH)–C–C–N with tert-alkyl or cyclic N) is 1. The average Bonchev–Trinajstić information content (AvgIpc) is 2.53. The second kappa shape index (κ2) is 4.36. The highest BCUT2D eigenvalue weighted by atomic mass is 19.4. The summed E-state index contributed by atoms with van der Waals surface area (Å²) in [5, 5.41) is 9.51. The van der Waals surface area contributed by atoms with Crippen LogP contribution in [-0.2, 0) is 9.59 Å². The van der Waals surface area contributed by atoms with Crippen LogP contribution in [0.4, 0.5) is 13.2 Å². The van der Waals surface area contributed by atoms with E-state index in [0.29, 0.717) is 4.90 Å². The summed E-state index contributed by atoms with van der Waals surface area (Å²) in [7, 11) is 0. The van der Waals surface area contributed by atoms with Gasteiger partial charge in [0.05, 0.1) is 24.6 Å². The van der Waals surface area contributed by atoms with Gasteiger partial charge in [0.2, 0.25) is 11.8 Å². The molecule has 0 aromatic carbocycles. The molecule has 8 heteroatoms. The first kappa shape index (κ1) is 14.1. The first-order valence-corrected chi connectivity index (χ1v) is 5.93. The zero-order valence-electron chi connectivity index (χ0n) is 10.4. The van der Waals surface area contributed by atoms with Crippen LogP contribution in [0, 0.1) is 5.92 Å². The molecule has 2 aliphatic rings. The monoisotopic (exact) mass is 280 g/mol. The Kier molecular flexibility index (Phi) is 3.24. The van der Waals surface area contributed by atoms with Crippen LogP contribution in [0.25, 0.3) is 0 Å². The molecule has 5 nitrogen and oxygen atoms in total. The number of hydrogen-bond acceptors (Lipinski definition) is 3. The highest BCUT2D eigenvalue weighted by Crippen LogP contribution is 2.28. The third-order valence-corrected chi connectivity index (χ3v) is 3.31. The Bertz CT molecular complexity index is 400. The van der Waals surface area contributed by atoms with Crippen molar-refractivity contribution >= 4 is 11.8 Å². The van der Waals surface area contributed by atoms with Gasteiger partial charge in [-0.25, -0.2) is 0 Å². The highest BCUT2D eigenvalue weighted by molar-refractivity contribution is 5.89. The average molecular weight is 280 g/mol. The second-order valence-electron chi connectivity index (χ2n) is 5.48. The van der Waals surface area contributed by atoms with E-state index in [1.54, 1.807) is 6.92 Å². The highest BCUT2D eigenvalue weighted by Gasteiger charge is 2.46. The molecular formula is C11H15F3N2O3. The van der Waals surface area contributed by atoms with Crippen LogP contribution in [0.5, 0.6) is 0 Å². The van der Waals surface area contributed by atoms with Crippen molar-refractivity contribution in [3.8, 4) is 0 Å². The first-order chi connectivity index (χ1) is 8.57. The van der Waals surface area contributed by atoms with Crippen LogP contribution in [0.2, 0.25) is 0 Å². The molecular weight excluding hydrogens is 265 g/mol. The molecule has 0 aromatic rings. The van der Waals surface area contributed by atoms with Gasteiger partial charge >= 0.3 is 6.18 Å². The molecule has 1 N–H and O–H groups in total. The Balaban J connectivity index is 1.90. The van der Waals surface area contributed by atoms with Crippen molar-refractivity contribution in [2.24, 2.45) is 5.92 Å². The number of rotatable bonds is 2. The SMILES string of the molecule is CC1(O)CN(C(=O)C2CC(=O)N(CC(F)(F)F)C2)C1. The van der Waals surface area contributed by atoms with Gasteiger partial charge in [-0.1, -0.05) is 0 Å². The molecule has 0 bridgehead atoms. The summed E-state index contributed by atoms with van der Waals surface area (Å²) < 4.78 is 36.7. The van der Waals surface area contributed by atoms with E-state index in [4.69, 9.17) is 0 Å². The predicted octanol–water partition coefficient (Wildman–Crippen LogP) is -0.00960. The van der Waals surface area contributed by atoms with Gasteiger partial charge in [-0.3, -0.25) is 9.59 Å². The van der Waals surface area contributed by atoms with Gasteiger partial charge in [0.15, 0.2) is 0 Å². The fraction of sp³-hybridized carbons (Fsp3) is 0.818. The molecule has 1 unspecified atom stereocenters. The Morgan fingerprint density at radius 3 is 2.53 bits per heavy atom. The van der Waals surface area contributed by atoms with E-state index in [1.807, 2.05) is 0 Å². The van der Waals surface area contributed by atoms with Crippen molar-refractivity contribution in [1.29, 1.82) is 0 Å². The van der Waals surface area contributed by atoms with Gasteiger partial charge in [-0.05, 0) is 6.92 Å². The summed E-state index contributed by atoms with van der Waals surface area (Å²) >= 11 is 0. The van der Waals surface area contributed by atoms with E-state index in [0.717, 1.165) is 0 Å². The Morgan fingerprint density at radius 2 is 2.05 bits per heavy atom. The molecule has 2 rings (SSSR count). The van der Waals surface area contributed by atoms with Crippen molar-refractivity contribution in [3.05, 3.63) is 0 Å². The molecule has 2 heterocycles. The van der Waals surface area contributed by atoms with E-state index in [1.165, 1.54) is 4.90 Å². The maximum Gasteiger partial charge on any atom is 0.406 e. The molecule has 0 saturated carbocycles. The van der Waals surface area contributed by atoms with Gasteiger partial charge < -0.3 is 14.9 Å².